The fraction of sp³-hybridized carbons (Fsp3) is 0.316. The smallest absolute Gasteiger partial charge is 0.274 e. The number of nitrogens with zero attached hydrogens (tertiary/aromatic N) is 3. The maximum atomic E-state index is 13.8. The number of aryl methyl sites for hydroxylation is 1. The molecule has 0 unspecified atom stereocenters. The van der Waals surface area contributed by atoms with Crippen molar-refractivity contribution in [2.75, 3.05) is 0 Å². The molecule has 2 heterocycles. The molecule has 1 fully saturated rings. The van der Waals surface area contributed by atoms with Crippen LogP contribution in [-0.2, 0) is 0 Å². The van der Waals surface area contributed by atoms with Gasteiger partial charge in [-0.1, -0.05) is 12.1 Å². The third-order valence-electron chi connectivity index (χ3n) is 4.62. The van der Waals surface area contributed by atoms with Crippen molar-refractivity contribution < 1.29 is 13.9 Å². The molecule has 3 aromatic rings. The number of nitrogens with one attached hydrogen (secondary N) is 1. The van der Waals surface area contributed by atoms with Gasteiger partial charge in [-0.15, -0.1) is 0 Å². The molecule has 2 aromatic heterocycles. The topological polar surface area (TPSA) is 68.5 Å². The van der Waals surface area contributed by atoms with Gasteiger partial charge in [0.05, 0.1) is 0 Å². The Bertz CT molecular complexity index is 981. The molecule has 26 heavy (non-hydrogen) atoms. The summed E-state index contributed by atoms with van der Waals surface area (Å²) in [5.74, 6) is 0.0994. The number of imidazole rings is 1. The van der Waals surface area contributed by atoms with Gasteiger partial charge in [-0.2, -0.15) is 4.98 Å². The number of aromatic nitrogens is 3. The van der Waals surface area contributed by atoms with Crippen molar-refractivity contribution in [1.29, 1.82) is 0 Å². The Kier molecular flexibility index (Phi) is 4.06. The van der Waals surface area contributed by atoms with E-state index in [-0.39, 0.29) is 29.3 Å². The van der Waals surface area contributed by atoms with Gasteiger partial charge in [-0.05, 0) is 44.7 Å². The van der Waals surface area contributed by atoms with Gasteiger partial charge in [-0.3, -0.25) is 9.20 Å². The maximum absolute atomic E-state index is 13.8. The van der Waals surface area contributed by atoms with Gasteiger partial charge < -0.3 is 10.1 Å². The third-order valence-corrected chi connectivity index (χ3v) is 4.62. The minimum Gasteiger partial charge on any atom is -0.436 e. The molecule has 0 spiro atoms. The van der Waals surface area contributed by atoms with E-state index in [0.717, 1.165) is 18.5 Å². The summed E-state index contributed by atoms with van der Waals surface area (Å²) >= 11 is 0. The van der Waals surface area contributed by atoms with Gasteiger partial charge in [0, 0.05) is 17.8 Å². The molecule has 0 saturated heterocycles. The molecule has 1 atom stereocenters. The zero-order valence-electron chi connectivity index (χ0n) is 14.6. The first-order valence-electron chi connectivity index (χ1n) is 8.61. The van der Waals surface area contributed by atoms with E-state index < -0.39 is 5.82 Å². The lowest BCUT2D eigenvalue weighted by Gasteiger charge is -2.12. The van der Waals surface area contributed by atoms with Gasteiger partial charge in [0.15, 0.2) is 22.9 Å². The van der Waals surface area contributed by atoms with Crippen LogP contribution in [-0.4, -0.2) is 26.3 Å². The summed E-state index contributed by atoms with van der Waals surface area (Å²) in [6.07, 6.45) is 3.84. The van der Waals surface area contributed by atoms with Crippen LogP contribution in [0, 0.1) is 18.7 Å². The molecular formula is C19H19FN4O2. The van der Waals surface area contributed by atoms with Crippen LogP contribution in [0.15, 0.2) is 36.7 Å². The fourth-order valence-electron chi connectivity index (χ4n) is 2.93. The number of para-hydroxylation sites is 1. The van der Waals surface area contributed by atoms with E-state index in [2.05, 4.69) is 15.3 Å². The van der Waals surface area contributed by atoms with Crippen LogP contribution in [0.2, 0.25) is 0 Å². The van der Waals surface area contributed by atoms with E-state index in [0.29, 0.717) is 11.6 Å². The number of halogens is 1. The average Bonchev–Trinajstić information content (AvgIpc) is 3.37. The molecule has 1 aliphatic rings. The van der Waals surface area contributed by atoms with Crippen LogP contribution >= 0.6 is 0 Å². The van der Waals surface area contributed by atoms with Crippen LogP contribution in [0.25, 0.3) is 5.65 Å². The number of benzene rings is 1. The van der Waals surface area contributed by atoms with Crippen molar-refractivity contribution in [3.63, 3.8) is 0 Å². The third kappa shape index (κ3) is 3.12. The highest BCUT2D eigenvalue weighted by Crippen LogP contribution is 2.32. The molecule has 0 bridgehead atoms. The van der Waals surface area contributed by atoms with Crippen LogP contribution in [0.1, 0.15) is 35.9 Å². The van der Waals surface area contributed by atoms with Gasteiger partial charge in [0.25, 0.3) is 5.91 Å². The SMILES string of the molecule is Cc1cc(Oc2ccccc2F)nc2c(C(=O)N[C@@H](C)C3CC3)ncn12. The van der Waals surface area contributed by atoms with Crippen molar-refractivity contribution in [2.24, 2.45) is 5.92 Å². The van der Waals surface area contributed by atoms with Crippen molar-refractivity contribution in [3.05, 3.63) is 53.9 Å². The lowest BCUT2D eigenvalue weighted by Crippen LogP contribution is -2.34. The van der Waals surface area contributed by atoms with E-state index in [9.17, 15) is 9.18 Å². The quantitative estimate of drug-likeness (QED) is 0.761. The van der Waals surface area contributed by atoms with Gasteiger partial charge in [0.1, 0.15) is 6.33 Å². The summed E-state index contributed by atoms with van der Waals surface area (Å²) in [6, 6.07) is 7.90. The zero-order valence-corrected chi connectivity index (χ0v) is 14.6. The Morgan fingerprint density at radius 3 is 2.88 bits per heavy atom. The minimum absolute atomic E-state index is 0.0802. The van der Waals surface area contributed by atoms with Crippen LogP contribution in [0.5, 0.6) is 11.6 Å². The van der Waals surface area contributed by atoms with Crippen molar-refractivity contribution in [3.8, 4) is 11.6 Å². The lowest BCUT2D eigenvalue weighted by molar-refractivity contribution is 0.0933. The number of carbonyl (C=O) groups is 1. The van der Waals surface area contributed by atoms with Crippen LogP contribution < -0.4 is 10.1 Å². The first-order chi connectivity index (χ1) is 12.5. The number of rotatable bonds is 5. The molecule has 0 aliphatic heterocycles. The molecule has 134 valence electrons. The predicted molar refractivity (Wildman–Crippen MR) is 93.9 cm³/mol. The monoisotopic (exact) mass is 354 g/mol. The molecule has 1 aliphatic carbocycles. The second-order valence-electron chi connectivity index (χ2n) is 6.65. The number of hydrogen-bond acceptors (Lipinski definition) is 4. The Morgan fingerprint density at radius 2 is 2.15 bits per heavy atom. The number of fused-ring (bicyclic) bond motifs is 1. The van der Waals surface area contributed by atoms with E-state index in [1.165, 1.54) is 12.1 Å². The second-order valence-corrected chi connectivity index (χ2v) is 6.65. The van der Waals surface area contributed by atoms with Crippen LogP contribution in [0.3, 0.4) is 0 Å². The number of amides is 1. The number of ether oxygens (including phenoxy) is 1. The molecule has 6 nitrogen and oxygen atoms in total. The van der Waals surface area contributed by atoms with E-state index in [4.69, 9.17) is 4.74 Å². The minimum atomic E-state index is -0.475. The Balaban J connectivity index is 1.66. The standard InChI is InChI=1S/C19H19FN4O2/c1-11-9-16(26-15-6-4-3-5-14(15)20)23-18-17(21-10-24(11)18)19(25)22-12(2)13-7-8-13/h3-6,9-10,12-13H,7-8H2,1-2H3,(H,22,25)/t12-/m0/s1. The summed E-state index contributed by atoms with van der Waals surface area (Å²) < 4.78 is 21.1. The van der Waals surface area contributed by atoms with Gasteiger partial charge in [-0.25, -0.2) is 9.37 Å². The first kappa shape index (κ1) is 16.5. The number of hydrogen-bond donors (Lipinski definition) is 1. The molecule has 4 rings (SSSR count). The highest BCUT2D eigenvalue weighted by Gasteiger charge is 2.30. The Labute approximate surface area is 150 Å². The second kappa shape index (κ2) is 6.40. The summed E-state index contributed by atoms with van der Waals surface area (Å²) in [5.41, 5.74) is 1.40. The predicted octanol–water partition coefficient (Wildman–Crippen LogP) is 3.50. The summed E-state index contributed by atoms with van der Waals surface area (Å²) in [4.78, 5) is 21.2. The summed E-state index contributed by atoms with van der Waals surface area (Å²) in [7, 11) is 0. The highest BCUT2D eigenvalue weighted by molar-refractivity contribution is 5.98. The van der Waals surface area contributed by atoms with Gasteiger partial charge in [0.2, 0.25) is 5.88 Å². The van der Waals surface area contributed by atoms with E-state index in [1.807, 2.05) is 13.8 Å². The van der Waals surface area contributed by atoms with Gasteiger partial charge >= 0.3 is 0 Å². The normalized spacial score (nSPS) is 15.0. The maximum Gasteiger partial charge on any atom is 0.274 e. The van der Waals surface area contributed by atoms with Crippen molar-refractivity contribution in [1.82, 2.24) is 19.7 Å². The molecule has 7 heteroatoms. The van der Waals surface area contributed by atoms with Crippen molar-refractivity contribution in [2.45, 2.75) is 32.7 Å². The molecule has 1 amide bonds. The van der Waals surface area contributed by atoms with Crippen molar-refractivity contribution >= 4 is 11.6 Å². The molecule has 1 N–H and O–H groups in total. The fourth-order valence-corrected chi connectivity index (χ4v) is 2.93. The first-order valence-corrected chi connectivity index (χ1v) is 8.61. The largest absolute Gasteiger partial charge is 0.436 e. The average molecular weight is 354 g/mol. The van der Waals surface area contributed by atoms with E-state index >= 15 is 0 Å². The van der Waals surface area contributed by atoms with Crippen LogP contribution in [0.4, 0.5) is 4.39 Å². The number of carbonyl (C=O) groups excluding carboxylic acids is 1. The zero-order chi connectivity index (χ0) is 18.3. The highest BCUT2D eigenvalue weighted by atomic mass is 19.1. The Morgan fingerprint density at radius 1 is 1.38 bits per heavy atom. The summed E-state index contributed by atoms with van der Waals surface area (Å²) in [5, 5.41) is 2.98. The molecule has 1 aromatic carbocycles. The van der Waals surface area contributed by atoms with E-state index in [1.54, 1.807) is 28.9 Å². The molecule has 1 saturated carbocycles. The molecule has 0 radical (unpaired) electrons. The molecular weight excluding hydrogens is 335 g/mol. The Hall–Kier alpha value is -2.96. The summed E-state index contributed by atoms with van der Waals surface area (Å²) in [6.45, 7) is 3.85. The lowest BCUT2D eigenvalue weighted by atomic mass is 10.2.